The van der Waals surface area contributed by atoms with Crippen molar-refractivity contribution in [3.8, 4) is 22.4 Å². The van der Waals surface area contributed by atoms with Crippen LogP contribution in [0.4, 0.5) is 17.1 Å². The van der Waals surface area contributed by atoms with E-state index in [-0.39, 0.29) is 5.41 Å². The first kappa shape index (κ1) is 33.7. The van der Waals surface area contributed by atoms with Crippen LogP contribution in [0.5, 0.6) is 0 Å². The molecule has 3 nitrogen and oxygen atoms in total. The summed E-state index contributed by atoms with van der Waals surface area (Å²) in [6.45, 7) is 4.68. The van der Waals surface area contributed by atoms with Gasteiger partial charge in [-0.3, -0.25) is 4.98 Å². The van der Waals surface area contributed by atoms with E-state index in [2.05, 4.69) is 195 Å². The normalized spacial score (nSPS) is 13.6. The third-order valence-electron chi connectivity index (χ3n) is 13.0. The van der Waals surface area contributed by atoms with Crippen molar-refractivity contribution in [3.05, 3.63) is 193 Å². The zero-order chi connectivity index (χ0) is 39.7. The molecular formula is C56H36N2OS. The fourth-order valence-electron chi connectivity index (χ4n) is 10.1. The minimum Gasteiger partial charge on any atom is -0.456 e. The molecule has 0 amide bonds. The van der Waals surface area contributed by atoms with Crippen LogP contribution >= 0.6 is 11.3 Å². The zero-order valence-corrected chi connectivity index (χ0v) is 33.8. The second-order valence-corrected chi connectivity index (χ2v) is 17.8. The molecule has 0 fully saturated rings. The second kappa shape index (κ2) is 12.4. The fourth-order valence-corrected chi connectivity index (χ4v) is 11.2. The average Bonchev–Trinajstić information content (AvgIpc) is 3.85. The van der Waals surface area contributed by atoms with E-state index in [1.54, 1.807) is 0 Å². The smallest absolute Gasteiger partial charge is 0.139 e. The van der Waals surface area contributed by atoms with Gasteiger partial charge >= 0.3 is 0 Å². The molecule has 4 heteroatoms. The van der Waals surface area contributed by atoms with E-state index in [1.165, 1.54) is 80.6 Å². The number of aromatic nitrogens is 1. The number of para-hydroxylation sites is 2. The van der Waals surface area contributed by atoms with E-state index in [4.69, 9.17) is 9.40 Å². The van der Waals surface area contributed by atoms with Crippen LogP contribution in [-0.4, -0.2) is 4.98 Å². The maximum absolute atomic E-state index is 6.79. The van der Waals surface area contributed by atoms with E-state index in [0.29, 0.717) is 0 Å². The van der Waals surface area contributed by atoms with Crippen molar-refractivity contribution in [2.45, 2.75) is 19.3 Å². The van der Waals surface area contributed by atoms with Crippen molar-refractivity contribution in [2.75, 3.05) is 4.90 Å². The summed E-state index contributed by atoms with van der Waals surface area (Å²) in [5.74, 6) is 0. The molecule has 0 atom stereocenters. The number of rotatable bonds is 3. The molecule has 4 heterocycles. The summed E-state index contributed by atoms with van der Waals surface area (Å²) in [7, 11) is 0. The number of furan rings is 1. The lowest BCUT2D eigenvalue weighted by Crippen LogP contribution is -2.30. The number of thiophene rings is 1. The van der Waals surface area contributed by atoms with Gasteiger partial charge in [-0.05, 0) is 115 Å². The molecule has 0 spiro atoms. The molecular weight excluding hydrogens is 749 g/mol. The van der Waals surface area contributed by atoms with Gasteiger partial charge in [0, 0.05) is 59.9 Å². The maximum Gasteiger partial charge on any atom is 0.139 e. The Labute approximate surface area is 350 Å². The highest BCUT2D eigenvalue weighted by molar-refractivity contribution is 7.25. The minimum atomic E-state index is -0.160. The minimum absolute atomic E-state index is 0.160. The summed E-state index contributed by atoms with van der Waals surface area (Å²) in [6.07, 6.45) is 2.01. The molecule has 282 valence electrons. The first-order valence-electron chi connectivity index (χ1n) is 20.6. The molecule has 0 saturated carbocycles. The summed E-state index contributed by atoms with van der Waals surface area (Å²) < 4.78 is 9.39. The number of fused-ring (bicyclic) bond motifs is 14. The SMILES string of the molecule is CC1(C)c2ccccc2N(c2cc(-c3ccc4sc5ccccc5c4c3)cc(-c3cc4oc5cc6c7ccccc7c7ccccc7c6cc5c4cn3)c2)c2ccccc21. The second-order valence-electron chi connectivity index (χ2n) is 16.7. The van der Waals surface area contributed by atoms with E-state index in [1.807, 2.05) is 17.5 Å². The molecule has 0 aliphatic carbocycles. The van der Waals surface area contributed by atoms with Gasteiger partial charge in [-0.2, -0.15) is 0 Å². The van der Waals surface area contributed by atoms with E-state index < -0.39 is 0 Å². The van der Waals surface area contributed by atoms with Crippen molar-refractivity contribution < 1.29 is 4.42 Å². The molecule has 0 unspecified atom stereocenters. The van der Waals surface area contributed by atoms with Gasteiger partial charge in [-0.25, -0.2) is 0 Å². The van der Waals surface area contributed by atoms with Crippen molar-refractivity contribution >= 4 is 103 Å². The highest BCUT2D eigenvalue weighted by Gasteiger charge is 2.36. The van der Waals surface area contributed by atoms with Gasteiger partial charge in [-0.1, -0.05) is 123 Å². The lowest BCUT2D eigenvalue weighted by atomic mass is 9.73. The average molecular weight is 785 g/mol. The van der Waals surface area contributed by atoms with E-state index in [9.17, 15) is 0 Å². The highest BCUT2D eigenvalue weighted by atomic mass is 32.1. The van der Waals surface area contributed by atoms with Gasteiger partial charge in [0.25, 0.3) is 0 Å². The van der Waals surface area contributed by atoms with E-state index in [0.717, 1.165) is 44.4 Å². The third-order valence-corrected chi connectivity index (χ3v) is 14.2. The lowest BCUT2D eigenvalue weighted by molar-refractivity contribution is 0.632. The number of pyridine rings is 1. The van der Waals surface area contributed by atoms with Crippen molar-refractivity contribution in [2.24, 2.45) is 0 Å². The zero-order valence-electron chi connectivity index (χ0n) is 33.0. The predicted octanol–water partition coefficient (Wildman–Crippen LogP) is 16.3. The largest absolute Gasteiger partial charge is 0.456 e. The molecule has 1 aliphatic heterocycles. The summed E-state index contributed by atoms with van der Waals surface area (Å²) in [5, 5.41) is 12.1. The molecule has 9 aromatic carbocycles. The Bertz CT molecular complexity index is 3730. The van der Waals surface area contributed by atoms with Crippen LogP contribution in [0.2, 0.25) is 0 Å². The Kier molecular flexibility index (Phi) is 6.94. The Morgan fingerprint density at radius 2 is 1.00 bits per heavy atom. The van der Waals surface area contributed by atoms with Crippen molar-refractivity contribution in [1.82, 2.24) is 4.98 Å². The first-order valence-corrected chi connectivity index (χ1v) is 21.4. The highest BCUT2D eigenvalue weighted by Crippen LogP contribution is 2.53. The van der Waals surface area contributed by atoms with E-state index >= 15 is 0 Å². The summed E-state index contributed by atoms with van der Waals surface area (Å²) >= 11 is 1.85. The van der Waals surface area contributed by atoms with Gasteiger partial charge in [0.2, 0.25) is 0 Å². The Hall–Kier alpha value is -7.27. The molecule has 12 aromatic rings. The van der Waals surface area contributed by atoms with Crippen LogP contribution in [0.15, 0.2) is 187 Å². The molecule has 13 rings (SSSR count). The maximum atomic E-state index is 6.79. The molecule has 0 saturated heterocycles. The topological polar surface area (TPSA) is 29.3 Å². The molecule has 3 aromatic heterocycles. The van der Waals surface area contributed by atoms with Crippen LogP contribution < -0.4 is 4.90 Å². The van der Waals surface area contributed by atoms with Gasteiger partial charge in [0.05, 0.1) is 17.1 Å². The van der Waals surface area contributed by atoms with Crippen molar-refractivity contribution in [1.29, 1.82) is 0 Å². The molecule has 0 N–H and O–H groups in total. The fraction of sp³-hybridized carbons (Fsp3) is 0.0536. The van der Waals surface area contributed by atoms with Gasteiger partial charge in [0.15, 0.2) is 0 Å². The van der Waals surface area contributed by atoms with Crippen LogP contribution in [0, 0.1) is 0 Å². The Morgan fingerprint density at radius 3 is 1.72 bits per heavy atom. The lowest BCUT2D eigenvalue weighted by Gasteiger charge is -2.42. The predicted molar refractivity (Wildman–Crippen MR) is 255 cm³/mol. The van der Waals surface area contributed by atoms with Crippen LogP contribution in [0.3, 0.4) is 0 Å². The molecule has 0 radical (unpaired) electrons. The van der Waals surface area contributed by atoms with Crippen molar-refractivity contribution in [3.63, 3.8) is 0 Å². The monoisotopic (exact) mass is 784 g/mol. The van der Waals surface area contributed by atoms with Gasteiger partial charge in [0.1, 0.15) is 11.2 Å². The van der Waals surface area contributed by atoms with Crippen LogP contribution in [-0.2, 0) is 5.41 Å². The molecule has 0 bridgehead atoms. The Balaban J connectivity index is 1.04. The summed E-state index contributed by atoms with van der Waals surface area (Å²) in [4.78, 5) is 7.68. The number of hydrogen-bond acceptors (Lipinski definition) is 4. The number of anilines is 3. The van der Waals surface area contributed by atoms with Gasteiger partial charge in [-0.15, -0.1) is 11.3 Å². The van der Waals surface area contributed by atoms with Crippen LogP contribution in [0.1, 0.15) is 25.0 Å². The summed E-state index contributed by atoms with van der Waals surface area (Å²) in [6, 6.07) is 64.4. The number of benzene rings is 9. The third kappa shape index (κ3) is 4.80. The summed E-state index contributed by atoms with van der Waals surface area (Å²) in [5.41, 5.74) is 11.8. The Morgan fingerprint density at radius 1 is 0.433 bits per heavy atom. The number of nitrogens with zero attached hydrogens (tertiary/aromatic N) is 2. The standard InChI is InChI=1S/C56H36N2OS/c1-56(2)47-18-8-10-20-50(47)58(51-21-11-9-19-48(51)56)36-26-34(33-23-24-55-45(28-33)41-17-7-12-22-54(41)60-55)25-35(27-36)49-31-53-46(32-57-49)44-29-42-39-15-5-3-13-37(39)38-14-4-6-16-40(38)43(42)30-52(44)59-53/h3-32H,1-2H3. The first-order chi connectivity index (χ1) is 29.5. The molecule has 60 heavy (non-hydrogen) atoms. The van der Waals surface area contributed by atoms with Crippen LogP contribution in [0.25, 0.3) is 96.8 Å². The molecule has 1 aliphatic rings. The number of hydrogen-bond donors (Lipinski definition) is 0. The quantitative estimate of drug-likeness (QED) is 0.167. The van der Waals surface area contributed by atoms with Gasteiger partial charge < -0.3 is 9.32 Å².